The molecule has 0 amide bonds. The van der Waals surface area contributed by atoms with Gasteiger partial charge in [0, 0.05) is 12.1 Å². The van der Waals surface area contributed by atoms with E-state index in [0.717, 1.165) is 25.2 Å². The van der Waals surface area contributed by atoms with Crippen molar-refractivity contribution in [2.75, 3.05) is 0 Å². The summed E-state index contributed by atoms with van der Waals surface area (Å²) in [7, 11) is 0. The number of hydrogen-bond acceptors (Lipinski definition) is 1. The van der Waals surface area contributed by atoms with Crippen LogP contribution in [-0.2, 0) is 0 Å². The van der Waals surface area contributed by atoms with Gasteiger partial charge in [0.05, 0.1) is 5.92 Å². The topological polar surface area (TPSA) is 12.0 Å². The number of hydrogen-bond donors (Lipinski definition) is 1. The van der Waals surface area contributed by atoms with E-state index >= 15 is 0 Å². The molecule has 4 atom stereocenters. The first-order valence-electron chi connectivity index (χ1n) is 7.81. The fourth-order valence-electron chi connectivity index (χ4n) is 3.78. The molecule has 1 N–H and O–H groups in total. The van der Waals surface area contributed by atoms with Crippen molar-refractivity contribution in [2.24, 2.45) is 11.8 Å². The predicted octanol–water partition coefficient (Wildman–Crippen LogP) is 4.67. The maximum absolute atomic E-state index is 12.8. The van der Waals surface area contributed by atoms with Crippen molar-refractivity contribution in [2.45, 2.75) is 83.0 Å². The lowest BCUT2D eigenvalue weighted by atomic mass is 9.81. The van der Waals surface area contributed by atoms with Gasteiger partial charge in [0.1, 0.15) is 0 Å². The highest BCUT2D eigenvalue weighted by Gasteiger charge is 2.42. The molecule has 2 aliphatic rings. The molecular formula is C15H26F3N. The van der Waals surface area contributed by atoms with Crippen molar-refractivity contribution in [3.05, 3.63) is 0 Å². The second-order valence-electron chi connectivity index (χ2n) is 6.41. The molecule has 0 aromatic carbocycles. The van der Waals surface area contributed by atoms with Crippen LogP contribution in [0.2, 0.25) is 0 Å². The Morgan fingerprint density at radius 1 is 0.947 bits per heavy atom. The van der Waals surface area contributed by atoms with E-state index < -0.39 is 12.1 Å². The SMILES string of the molecule is CCC1CCCC(NC2CCCC(C(F)(F)F)C2)C1. The first kappa shape index (κ1) is 15.1. The summed E-state index contributed by atoms with van der Waals surface area (Å²) < 4.78 is 38.3. The Kier molecular flexibility index (Phi) is 5.15. The molecule has 0 saturated heterocycles. The van der Waals surface area contributed by atoms with Gasteiger partial charge in [-0.05, 0) is 38.0 Å². The molecule has 0 spiro atoms. The van der Waals surface area contributed by atoms with Crippen LogP contribution in [0, 0.1) is 11.8 Å². The highest BCUT2D eigenvalue weighted by Crippen LogP contribution is 2.38. The first-order valence-corrected chi connectivity index (χ1v) is 7.81. The molecule has 4 unspecified atom stereocenters. The molecular weight excluding hydrogens is 251 g/mol. The average Bonchev–Trinajstić information content (AvgIpc) is 2.38. The number of halogens is 3. The summed E-state index contributed by atoms with van der Waals surface area (Å²) in [5.74, 6) is -0.308. The molecule has 2 saturated carbocycles. The highest BCUT2D eigenvalue weighted by atomic mass is 19.4. The largest absolute Gasteiger partial charge is 0.391 e. The molecule has 1 nitrogen and oxygen atoms in total. The van der Waals surface area contributed by atoms with Gasteiger partial charge in [-0.3, -0.25) is 0 Å². The van der Waals surface area contributed by atoms with Crippen LogP contribution < -0.4 is 5.32 Å². The average molecular weight is 277 g/mol. The summed E-state index contributed by atoms with van der Waals surface area (Å²) in [6.45, 7) is 2.22. The molecule has 2 rings (SSSR count). The van der Waals surface area contributed by atoms with E-state index in [4.69, 9.17) is 0 Å². The van der Waals surface area contributed by atoms with Gasteiger partial charge in [-0.15, -0.1) is 0 Å². The standard InChI is InChI=1S/C15H26F3N/c1-2-11-5-3-7-13(9-11)19-14-8-4-6-12(10-14)15(16,17)18/h11-14,19H,2-10H2,1H3. The van der Waals surface area contributed by atoms with Crippen LogP contribution in [0.5, 0.6) is 0 Å². The summed E-state index contributed by atoms with van der Waals surface area (Å²) in [4.78, 5) is 0. The second-order valence-corrected chi connectivity index (χ2v) is 6.41. The lowest BCUT2D eigenvalue weighted by Crippen LogP contribution is -2.45. The third-order valence-corrected chi connectivity index (χ3v) is 4.97. The molecule has 0 aliphatic heterocycles. The molecule has 2 aliphatic carbocycles. The third kappa shape index (κ3) is 4.37. The van der Waals surface area contributed by atoms with Gasteiger partial charge in [-0.1, -0.05) is 32.6 Å². The molecule has 0 aromatic rings. The van der Waals surface area contributed by atoms with Crippen molar-refractivity contribution >= 4 is 0 Å². The first-order chi connectivity index (χ1) is 8.99. The Labute approximate surface area is 114 Å². The number of rotatable bonds is 3. The van der Waals surface area contributed by atoms with Crippen LogP contribution >= 0.6 is 0 Å². The molecule has 19 heavy (non-hydrogen) atoms. The zero-order valence-corrected chi connectivity index (χ0v) is 11.8. The Hall–Kier alpha value is -0.250. The van der Waals surface area contributed by atoms with Crippen LogP contribution in [0.25, 0.3) is 0 Å². The zero-order chi connectivity index (χ0) is 13.9. The van der Waals surface area contributed by atoms with E-state index in [1.807, 2.05) is 0 Å². The Morgan fingerprint density at radius 2 is 1.58 bits per heavy atom. The van der Waals surface area contributed by atoms with Gasteiger partial charge in [0.15, 0.2) is 0 Å². The van der Waals surface area contributed by atoms with Crippen molar-refractivity contribution in [3.8, 4) is 0 Å². The van der Waals surface area contributed by atoms with Gasteiger partial charge in [-0.2, -0.15) is 13.2 Å². The molecule has 0 heterocycles. The number of nitrogens with one attached hydrogen (secondary N) is 1. The fourth-order valence-corrected chi connectivity index (χ4v) is 3.78. The molecule has 0 radical (unpaired) electrons. The van der Waals surface area contributed by atoms with E-state index in [1.54, 1.807) is 0 Å². The zero-order valence-electron chi connectivity index (χ0n) is 11.8. The second kappa shape index (κ2) is 6.47. The van der Waals surface area contributed by atoms with Crippen LogP contribution in [0.4, 0.5) is 13.2 Å². The lowest BCUT2D eigenvalue weighted by Gasteiger charge is -2.36. The van der Waals surface area contributed by atoms with Crippen molar-refractivity contribution in [1.29, 1.82) is 0 Å². The van der Waals surface area contributed by atoms with Gasteiger partial charge in [0.25, 0.3) is 0 Å². The van der Waals surface area contributed by atoms with Crippen molar-refractivity contribution in [3.63, 3.8) is 0 Å². The fraction of sp³-hybridized carbons (Fsp3) is 1.00. The molecule has 0 aromatic heterocycles. The van der Waals surface area contributed by atoms with Gasteiger partial charge in [0.2, 0.25) is 0 Å². The van der Waals surface area contributed by atoms with Crippen molar-refractivity contribution in [1.82, 2.24) is 5.32 Å². The summed E-state index contributed by atoms with van der Waals surface area (Å²) >= 11 is 0. The van der Waals surface area contributed by atoms with E-state index in [2.05, 4.69) is 12.2 Å². The monoisotopic (exact) mass is 277 g/mol. The van der Waals surface area contributed by atoms with E-state index in [0.29, 0.717) is 18.9 Å². The molecule has 112 valence electrons. The minimum atomic E-state index is -4.00. The quantitative estimate of drug-likeness (QED) is 0.790. The van der Waals surface area contributed by atoms with Gasteiger partial charge in [-0.25, -0.2) is 0 Å². The van der Waals surface area contributed by atoms with E-state index in [-0.39, 0.29) is 12.5 Å². The van der Waals surface area contributed by atoms with Crippen LogP contribution in [0.15, 0.2) is 0 Å². The Bertz CT molecular complexity index is 277. The maximum Gasteiger partial charge on any atom is 0.391 e. The predicted molar refractivity (Wildman–Crippen MR) is 71.0 cm³/mol. The highest BCUT2D eigenvalue weighted by molar-refractivity contribution is 4.86. The summed E-state index contributed by atoms with van der Waals surface area (Å²) in [6, 6.07) is 0.539. The maximum atomic E-state index is 12.8. The van der Waals surface area contributed by atoms with Crippen LogP contribution in [0.3, 0.4) is 0 Å². The van der Waals surface area contributed by atoms with Gasteiger partial charge < -0.3 is 5.32 Å². The van der Waals surface area contributed by atoms with Crippen LogP contribution in [0.1, 0.15) is 64.7 Å². The summed E-state index contributed by atoms with van der Waals surface area (Å²) in [5.41, 5.74) is 0. The molecule has 0 bridgehead atoms. The van der Waals surface area contributed by atoms with Gasteiger partial charge >= 0.3 is 6.18 Å². The third-order valence-electron chi connectivity index (χ3n) is 4.97. The minimum Gasteiger partial charge on any atom is -0.311 e. The smallest absolute Gasteiger partial charge is 0.311 e. The summed E-state index contributed by atoms with van der Waals surface area (Å²) in [5, 5.41) is 3.52. The van der Waals surface area contributed by atoms with Crippen LogP contribution in [-0.4, -0.2) is 18.3 Å². The minimum absolute atomic E-state index is 0.0842. The Morgan fingerprint density at radius 3 is 2.21 bits per heavy atom. The van der Waals surface area contributed by atoms with E-state index in [1.165, 1.54) is 19.3 Å². The lowest BCUT2D eigenvalue weighted by molar-refractivity contribution is -0.184. The Balaban J connectivity index is 1.82. The van der Waals surface area contributed by atoms with Crippen molar-refractivity contribution < 1.29 is 13.2 Å². The molecule has 2 fully saturated rings. The normalized spacial score (nSPS) is 37.3. The van der Waals surface area contributed by atoms with E-state index in [9.17, 15) is 13.2 Å². The summed E-state index contributed by atoms with van der Waals surface area (Å²) in [6.07, 6.45) is 4.27. The molecule has 4 heteroatoms. The number of alkyl halides is 3.